The smallest absolute Gasteiger partial charge is 0.273 e. The van der Waals surface area contributed by atoms with Gasteiger partial charge < -0.3 is 19.3 Å². The highest BCUT2D eigenvalue weighted by Crippen LogP contribution is 2.34. The van der Waals surface area contributed by atoms with Gasteiger partial charge in [0.15, 0.2) is 23.0 Å². The summed E-state index contributed by atoms with van der Waals surface area (Å²) in [4.78, 5) is 15.5. The number of rotatable bonds is 6. The molecule has 3 heterocycles. The maximum atomic E-state index is 13.0. The molecule has 1 amide bonds. The zero-order chi connectivity index (χ0) is 23.3. The van der Waals surface area contributed by atoms with Crippen molar-refractivity contribution in [2.24, 2.45) is 0 Å². The second-order valence-corrected chi connectivity index (χ2v) is 9.02. The number of carbonyl (C=O) groups is 1. The number of aromatic nitrogens is 1. The molecule has 2 aliphatic rings. The van der Waals surface area contributed by atoms with Crippen LogP contribution < -0.4 is 14.8 Å². The minimum atomic E-state index is -0.237. The fourth-order valence-corrected chi connectivity index (χ4v) is 4.65. The molecule has 7 nitrogen and oxygen atoms in total. The van der Waals surface area contributed by atoms with Gasteiger partial charge in [0.2, 0.25) is 0 Å². The summed E-state index contributed by atoms with van der Waals surface area (Å²) in [6.45, 7) is 5.77. The van der Waals surface area contributed by atoms with Gasteiger partial charge in [-0.2, -0.15) is 0 Å². The third kappa shape index (κ3) is 5.09. The number of nitrogens with zero attached hydrogens (tertiary/aromatic N) is 2. The lowest BCUT2D eigenvalue weighted by Crippen LogP contribution is -2.38. The number of likely N-dealkylation sites (tertiary alicyclic amines) is 1. The average molecular weight is 462 g/mol. The Morgan fingerprint density at radius 1 is 0.971 bits per heavy atom. The molecule has 0 saturated carbocycles. The van der Waals surface area contributed by atoms with Gasteiger partial charge in [-0.25, -0.2) is 0 Å². The van der Waals surface area contributed by atoms with Crippen LogP contribution in [0.15, 0.2) is 53.1 Å². The van der Waals surface area contributed by atoms with E-state index in [-0.39, 0.29) is 17.6 Å². The highest BCUT2D eigenvalue weighted by Gasteiger charge is 2.23. The fourth-order valence-electron chi connectivity index (χ4n) is 4.65. The predicted octanol–water partition coefficient (Wildman–Crippen LogP) is 4.77. The lowest BCUT2D eigenvalue weighted by atomic mass is 10.0. The van der Waals surface area contributed by atoms with Gasteiger partial charge in [-0.05, 0) is 56.6 Å². The molecule has 178 valence electrons. The van der Waals surface area contributed by atoms with Gasteiger partial charge in [0, 0.05) is 18.2 Å². The van der Waals surface area contributed by atoms with Gasteiger partial charge in [0.1, 0.15) is 13.2 Å². The minimum Gasteiger partial charge on any atom is -0.486 e. The number of amides is 1. The standard InChI is InChI=1S/C27H31N3O4/c1-19-6-8-20(9-7-19)23(30-12-4-2-3-5-13-30)18-28-27(31)22-17-25(34-29-22)21-10-11-24-26(16-21)33-15-14-32-24/h6-11,16-17,23H,2-5,12-15,18H2,1H3,(H,28,31)/t23-/m0/s1. The highest BCUT2D eigenvalue weighted by molar-refractivity contribution is 5.93. The van der Waals surface area contributed by atoms with Crippen molar-refractivity contribution in [2.45, 2.75) is 38.6 Å². The van der Waals surface area contributed by atoms with Crippen molar-refractivity contribution in [3.63, 3.8) is 0 Å². The van der Waals surface area contributed by atoms with E-state index in [1.54, 1.807) is 6.07 Å². The maximum Gasteiger partial charge on any atom is 0.273 e. The Bertz CT molecular complexity index is 1120. The summed E-state index contributed by atoms with van der Waals surface area (Å²) >= 11 is 0. The Kier molecular flexibility index (Phi) is 6.81. The van der Waals surface area contributed by atoms with E-state index in [0.717, 1.165) is 18.7 Å². The van der Waals surface area contributed by atoms with Crippen LogP contribution in [0.2, 0.25) is 0 Å². The molecule has 3 aromatic rings. The Labute approximate surface area is 200 Å². The molecule has 1 fully saturated rings. The minimum absolute atomic E-state index is 0.131. The maximum absolute atomic E-state index is 13.0. The third-order valence-electron chi connectivity index (χ3n) is 6.57. The normalized spacial score (nSPS) is 17.1. The molecular weight excluding hydrogens is 430 g/mol. The second-order valence-electron chi connectivity index (χ2n) is 9.02. The van der Waals surface area contributed by atoms with E-state index in [9.17, 15) is 4.79 Å². The van der Waals surface area contributed by atoms with Gasteiger partial charge in [-0.3, -0.25) is 9.69 Å². The Hall–Kier alpha value is -3.32. The van der Waals surface area contributed by atoms with Gasteiger partial charge in [-0.15, -0.1) is 0 Å². The topological polar surface area (TPSA) is 76.8 Å². The van der Waals surface area contributed by atoms with Crippen LogP contribution in [0.3, 0.4) is 0 Å². The van der Waals surface area contributed by atoms with Crippen LogP contribution in [0.5, 0.6) is 11.5 Å². The van der Waals surface area contributed by atoms with E-state index in [0.29, 0.717) is 37.0 Å². The summed E-state index contributed by atoms with van der Waals surface area (Å²) in [6, 6.07) is 16.0. The van der Waals surface area contributed by atoms with Gasteiger partial charge in [0.05, 0.1) is 6.04 Å². The Balaban J connectivity index is 1.29. The van der Waals surface area contributed by atoms with Crippen molar-refractivity contribution in [1.82, 2.24) is 15.4 Å². The van der Waals surface area contributed by atoms with Crippen molar-refractivity contribution < 1.29 is 18.8 Å². The SMILES string of the molecule is Cc1ccc([C@H](CNC(=O)c2cc(-c3ccc4c(c3)OCCO4)on2)N2CCCCCC2)cc1. The quantitative estimate of drug-likeness (QED) is 0.570. The van der Waals surface area contributed by atoms with Crippen molar-refractivity contribution >= 4 is 5.91 Å². The molecule has 1 N–H and O–H groups in total. The molecule has 5 rings (SSSR count). The van der Waals surface area contributed by atoms with Crippen LogP contribution in [-0.4, -0.2) is 48.8 Å². The van der Waals surface area contributed by atoms with Gasteiger partial charge in [0.25, 0.3) is 5.91 Å². The van der Waals surface area contributed by atoms with Crippen molar-refractivity contribution in [3.8, 4) is 22.8 Å². The van der Waals surface area contributed by atoms with Crippen molar-refractivity contribution in [3.05, 3.63) is 65.4 Å². The summed E-state index contributed by atoms with van der Waals surface area (Å²) in [7, 11) is 0. The van der Waals surface area contributed by atoms with Crippen LogP contribution in [0.25, 0.3) is 11.3 Å². The fraction of sp³-hybridized carbons (Fsp3) is 0.407. The first-order valence-electron chi connectivity index (χ1n) is 12.1. The molecule has 34 heavy (non-hydrogen) atoms. The second kappa shape index (κ2) is 10.3. The first kappa shape index (κ1) is 22.5. The predicted molar refractivity (Wildman–Crippen MR) is 129 cm³/mol. The number of aryl methyl sites for hydroxylation is 1. The molecule has 1 saturated heterocycles. The lowest BCUT2D eigenvalue weighted by molar-refractivity contribution is 0.0924. The molecule has 2 aliphatic heterocycles. The third-order valence-corrected chi connectivity index (χ3v) is 6.57. The molecule has 0 radical (unpaired) electrons. The summed E-state index contributed by atoms with van der Waals surface area (Å²) in [5.41, 5.74) is 3.52. The monoisotopic (exact) mass is 461 g/mol. The molecule has 2 aromatic carbocycles. The number of benzene rings is 2. The van der Waals surface area contributed by atoms with E-state index in [1.165, 1.54) is 36.8 Å². The summed E-state index contributed by atoms with van der Waals surface area (Å²) in [6.07, 6.45) is 4.92. The van der Waals surface area contributed by atoms with E-state index in [4.69, 9.17) is 14.0 Å². The molecule has 0 spiro atoms. The summed E-state index contributed by atoms with van der Waals surface area (Å²) in [5.74, 6) is 1.66. The van der Waals surface area contributed by atoms with E-state index >= 15 is 0 Å². The number of hydrogen-bond acceptors (Lipinski definition) is 6. The Morgan fingerprint density at radius 3 is 2.47 bits per heavy atom. The molecule has 0 bridgehead atoms. The zero-order valence-corrected chi connectivity index (χ0v) is 19.6. The van der Waals surface area contributed by atoms with Gasteiger partial charge in [-0.1, -0.05) is 47.8 Å². The highest BCUT2D eigenvalue weighted by atomic mass is 16.6. The van der Waals surface area contributed by atoms with E-state index < -0.39 is 0 Å². The molecule has 0 unspecified atom stereocenters. The van der Waals surface area contributed by atoms with Crippen LogP contribution in [0.4, 0.5) is 0 Å². The molecular formula is C27H31N3O4. The number of fused-ring (bicyclic) bond motifs is 1. The largest absolute Gasteiger partial charge is 0.486 e. The summed E-state index contributed by atoms with van der Waals surface area (Å²) < 4.78 is 16.7. The van der Waals surface area contributed by atoms with Crippen LogP contribution in [0, 0.1) is 6.92 Å². The van der Waals surface area contributed by atoms with Crippen molar-refractivity contribution in [1.29, 1.82) is 0 Å². The zero-order valence-electron chi connectivity index (χ0n) is 19.6. The number of carbonyl (C=O) groups excluding carboxylic acids is 1. The van der Waals surface area contributed by atoms with E-state index in [1.807, 2.05) is 18.2 Å². The van der Waals surface area contributed by atoms with Crippen LogP contribution in [-0.2, 0) is 0 Å². The van der Waals surface area contributed by atoms with E-state index in [2.05, 4.69) is 46.6 Å². The van der Waals surface area contributed by atoms with Crippen LogP contribution in [0.1, 0.15) is 53.3 Å². The number of hydrogen-bond donors (Lipinski definition) is 1. The number of nitrogens with one attached hydrogen (secondary N) is 1. The lowest BCUT2D eigenvalue weighted by Gasteiger charge is -2.31. The molecule has 1 atom stereocenters. The molecule has 0 aliphatic carbocycles. The van der Waals surface area contributed by atoms with Crippen LogP contribution >= 0.6 is 0 Å². The molecule has 1 aromatic heterocycles. The first-order chi connectivity index (χ1) is 16.7. The van der Waals surface area contributed by atoms with Gasteiger partial charge >= 0.3 is 0 Å². The van der Waals surface area contributed by atoms with Crippen molar-refractivity contribution in [2.75, 3.05) is 32.8 Å². The summed E-state index contributed by atoms with van der Waals surface area (Å²) in [5, 5.41) is 7.12. The number of ether oxygens (including phenoxy) is 2. The average Bonchev–Trinajstić information content (AvgIpc) is 3.22. The first-order valence-corrected chi connectivity index (χ1v) is 12.1. The Morgan fingerprint density at radius 2 is 1.71 bits per heavy atom. The molecule has 7 heteroatoms.